The van der Waals surface area contributed by atoms with Crippen molar-refractivity contribution in [1.29, 1.82) is 0 Å². The van der Waals surface area contributed by atoms with Gasteiger partial charge < -0.3 is 14.2 Å². The minimum Gasteiger partial charge on any atom is -0.431 e. The van der Waals surface area contributed by atoms with Crippen molar-refractivity contribution in [2.45, 2.75) is 0 Å². The summed E-state index contributed by atoms with van der Waals surface area (Å²) >= 11 is 0. The number of carbonyl (C=O) groups excluding carboxylic acids is 3. The van der Waals surface area contributed by atoms with Gasteiger partial charge in [0.1, 0.15) is 13.2 Å². The van der Waals surface area contributed by atoms with Gasteiger partial charge in [-0.1, -0.05) is 0 Å². The zero-order chi connectivity index (χ0) is 9.68. The summed E-state index contributed by atoms with van der Waals surface area (Å²) in [5.74, 6) is -1.16. The minimum atomic E-state index is -0.579. The van der Waals surface area contributed by atoms with Crippen LogP contribution in [0.5, 0.6) is 0 Å². The lowest BCUT2D eigenvalue weighted by Gasteiger charge is -1.80. The standard InChI is InChI=1S/C4H2O3.C3H4O3/c5-3-1-2-4(6)7-3;4-3-5-1-2-6-3/h1-2H;1-2H2. The molecule has 2 aliphatic heterocycles. The predicted molar refractivity (Wildman–Crippen MR) is 37.5 cm³/mol. The lowest BCUT2D eigenvalue weighted by molar-refractivity contribution is -0.150. The molecule has 13 heavy (non-hydrogen) atoms. The van der Waals surface area contributed by atoms with Gasteiger partial charge in [-0.3, -0.25) is 0 Å². The van der Waals surface area contributed by atoms with Gasteiger partial charge in [-0.25, -0.2) is 14.4 Å². The lowest BCUT2D eigenvalue weighted by Crippen LogP contribution is -1.96. The highest BCUT2D eigenvalue weighted by Crippen LogP contribution is 1.92. The van der Waals surface area contributed by atoms with Crippen LogP contribution in [0.4, 0.5) is 4.79 Å². The molecule has 0 aliphatic carbocycles. The second-order valence-electron chi connectivity index (χ2n) is 2.02. The molecule has 0 atom stereocenters. The maximum absolute atomic E-state index is 9.92. The molecule has 70 valence electrons. The normalized spacial score (nSPS) is 18.6. The molecule has 0 N–H and O–H groups in total. The maximum atomic E-state index is 9.92. The molecule has 2 aliphatic rings. The Balaban J connectivity index is 0.000000132. The molecule has 0 aromatic carbocycles. The molecule has 6 nitrogen and oxygen atoms in total. The topological polar surface area (TPSA) is 78.9 Å². The van der Waals surface area contributed by atoms with E-state index < -0.39 is 18.1 Å². The molecule has 0 aromatic heterocycles. The molecule has 2 heterocycles. The van der Waals surface area contributed by atoms with Crippen molar-refractivity contribution in [3.8, 4) is 0 Å². The Morgan fingerprint density at radius 1 is 0.923 bits per heavy atom. The lowest BCUT2D eigenvalue weighted by atomic mass is 10.6. The summed E-state index contributed by atoms with van der Waals surface area (Å²) in [5, 5.41) is 0. The van der Waals surface area contributed by atoms with E-state index >= 15 is 0 Å². The molecule has 0 spiro atoms. The van der Waals surface area contributed by atoms with Crippen LogP contribution in [0.15, 0.2) is 12.2 Å². The van der Waals surface area contributed by atoms with Gasteiger partial charge in [0.25, 0.3) is 0 Å². The van der Waals surface area contributed by atoms with Crippen molar-refractivity contribution in [3.05, 3.63) is 12.2 Å². The Morgan fingerprint density at radius 3 is 1.54 bits per heavy atom. The van der Waals surface area contributed by atoms with Crippen LogP contribution < -0.4 is 0 Å². The first kappa shape index (κ1) is 9.24. The maximum Gasteiger partial charge on any atom is 0.508 e. The molecular formula is C7H6O6. The monoisotopic (exact) mass is 186 g/mol. The van der Waals surface area contributed by atoms with E-state index in [0.717, 1.165) is 12.2 Å². The summed E-state index contributed by atoms with van der Waals surface area (Å²) in [4.78, 5) is 29.6. The largest absolute Gasteiger partial charge is 0.508 e. The van der Waals surface area contributed by atoms with Gasteiger partial charge in [0, 0.05) is 12.2 Å². The van der Waals surface area contributed by atoms with Crippen molar-refractivity contribution < 1.29 is 28.6 Å². The number of esters is 2. The Hall–Kier alpha value is -1.85. The molecule has 0 bridgehead atoms. The summed E-state index contributed by atoms with van der Waals surface area (Å²) in [6.45, 7) is 0.831. The first-order valence-electron chi connectivity index (χ1n) is 3.42. The SMILES string of the molecule is O=C1C=CC(=O)O1.O=C1OCCO1. The molecule has 0 amide bonds. The summed E-state index contributed by atoms with van der Waals surface area (Å²) in [5.41, 5.74) is 0. The third kappa shape index (κ3) is 3.37. The number of ether oxygens (including phenoxy) is 3. The van der Waals surface area contributed by atoms with Crippen LogP contribution in [0.25, 0.3) is 0 Å². The number of rotatable bonds is 0. The van der Waals surface area contributed by atoms with E-state index in [0.29, 0.717) is 13.2 Å². The van der Waals surface area contributed by atoms with Crippen LogP contribution in [-0.2, 0) is 23.8 Å². The van der Waals surface area contributed by atoms with Gasteiger partial charge in [-0.2, -0.15) is 0 Å². The van der Waals surface area contributed by atoms with Crippen molar-refractivity contribution in [3.63, 3.8) is 0 Å². The zero-order valence-electron chi connectivity index (χ0n) is 6.52. The van der Waals surface area contributed by atoms with Crippen LogP contribution in [0.1, 0.15) is 0 Å². The van der Waals surface area contributed by atoms with E-state index in [1.54, 1.807) is 0 Å². The summed E-state index contributed by atoms with van der Waals surface area (Å²) < 4.78 is 12.6. The van der Waals surface area contributed by atoms with Crippen molar-refractivity contribution >= 4 is 18.1 Å². The molecule has 0 unspecified atom stereocenters. The number of carbonyl (C=O) groups is 3. The Bertz CT molecular complexity index is 242. The van der Waals surface area contributed by atoms with Crippen LogP contribution in [0.3, 0.4) is 0 Å². The van der Waals surface area contributed by atoms with Gasteiger partial charge in [-0.15, -0.1) is 0 Å². The first-order chi connectivity index (χ1) is 6.18. The quantitative estimate of drug-likeness (QED) is 0.384. The zero-order valence-corrected chi connectivity index (χ0v) is 6.52. The Labute approximate surface area is 73.1 Å². The van der Waals surface area contributed by atoms with Gasteiger partial charge in [0.2, 0.25) is 0 Å². The average molecular weight is 186 g/mol. The van der Waals surface area contributed by atoms with Crippen molar-refractivity contribution in [2.24, 2.45) is 0 Å². The van der Waals surface area contributed by atoms with Crippen LogP contribution in [-0.4, -0.2) is 31.3 Å². The fourth-order valence-electron chi connectivity index (χ4n) is 0.595. The van der Waals surface area contributed by atoms with Crippen LogP contribution >= 0.6 is 0 Å². The number of hydrogen-bond acceptors (Lipinski definition) is 6. The summed E-state index contributed by atoms with van der Waals surface area (Å²) in [6, 6.07) is 0. The highest BCUT2D eigenvalue weighted by Gasteiger charge is 2.10. The molecule has 0 radical (unpaired) electrons. The van der Waals surface area contributed by atoms with Gasteiger partial charge in [-0.05, 0) is 0 Å². The molecule has 2 rings (SSSR count). The smallest absolute Gasteiger partial charge is 0.431 e. The van der Waals surface area contributed by atoms with E-state index in [2.05, 4.69) is 14.2 Å². The van der Waals surface area contributed by atoms with Gasteiger partial charge in [0.05, 0.1) is 0 Å². The second kappa shape index (κ2) is 4.24. The molecular weight excluding hydrogens is 180 g/mol. The van der Waals surface area contributed by atoms with E-state index in [9.17, 15) is 14.4 Å². The average Bonchev–Trinajstić information content (AvgIpc) is 2.64. The first-order valence-corrected chi connectivity index (χ1v) is 3.42. The number of cyclic esters (lactones) is 4. The third-order valence-corrected chi connectivity index (χ3v) is 1.08. The van der Waals surface area contributed by atoms with Gasteiger partial charge >= 0.3 is 18.1 Å². The van der Waals surface area contributed by atoms with Crippen LogP contribution in [0, 0.1) is 0 Å². The van der Waals surface area contributed by atoms with Gasteiger partial charge in [0.15, 0.2) is 0 Å². The summed E-state index contributed by atoms with van der Waals surface area (Å²) in [6.07, 6.45) is 1.63. The third-order valence-electron chi connectivity index (χ3n) is 1.08. The summed E-state index contributed by atoms with van der Waals surface area (Å²) in [7, 11) is 0. The van der Waals surface area contributed by atoms with E-state index in [1.807, 2.05) is 0 Å². The van der Waals surface area contributed by atoms with E-state index in [1.165, 1.54) is 0 Å². The highest BCUT2D eigenvalue weighted by molar-refractivity contribution is 6.04. The van der Waals surface area contributed by atoms with E-state index in [4.69, 9.17) is 0 Å². The molecule has 6 heteroatoms. The molecule has 1 saturated heterocycles. The predicted octanol–water partition coefficient (Wildman–Crippen LogP) is -0.221. The molecule has 0 aromatic rings. The van der Waals surface area contributed by atoms with Crippen molar-refractivity contribution in [1.82, 2.24) is 0 Å². The van der Waals surface area contributed by atoms with Crippen LogP contribution in [0.2, 0.25) is 0 Å². The Morgan fingerprint density at radius 2 is 1.38 bits per heavy atom. The Kier molecular flexibility index (Phi) is 3.02. The van der Waals surface area contributed by atoms with Crippen molar-refractivity contribution in [2.75, 3.05) is 13.2 Å². The fraction of sp³-hybridized carbons (Fsp3) is 0.286. The minimum absolute atomic E-state index is 0.416. The molecule has 1 fully saturated rings. The highest BCUT2D eigenvalue weighted by atomic mass is 16.8. The molecule has 0 saturated carbocycles. The number of hydrogen-bond donors (Lipinski definition) is 0. The second-order valence-corrected chi connectivity index (χ2v) is 2.02. The fourth-order valence-corrected chi connectivity index (χ4v) is 0.595. The van der Waals surface area contributed by atoms with E-state index in [-0.39, 0.29) is 0 Å².